The third kappa shape index (κ3) is 1.54. The van der Waals surface area contributed by atoms with Crippen molar-refractivity contribution in [3.8, 4) is 0 Å². The van der Waals surface area contributed by atoms with E-state index < -0.39 is 5.97 Å². The Labute approximate surface area is 79.7 Å². The van der Waals surface area contributed by atoms with E-state index in [1.54, 1.807) is 13.0 Å². The van der Waals surface area contributed by atoms with Gasteiger partial charge in [-0.2, -0.15) is 0 Å². The van der Waals surface area contributed by atoms with E-state index in [9.17, 15) is 4.79 Å². The third-order valence-electron chi connectivity index (χ3n) is 1.56. The molecule has 0 amide bonds. The van der Waals surface area contributed by atoms with Crippen LogP contribution in [0, 0.1) is 6.92 Å². The Hall–Kier alpha value is -0.730. The van der Waals surface area contributed by atoms with Crippen molar-refractivity contribution in [2.24, 2.45) is 0 Å². The summed E-state index contributed by atoms with van der Waals surface area (Å²) in [5, 5.41) is 9.35. The molecule has 0 aliphatic heterocycles. The molecule has 1 N–H and O–H groups in total. The number of carbonyl (C=O) groups is 1. The van der Waals surface area contributed by atoms with Gasteiger partial charge in [-0.3, -0.25) is 0 Å². The third-order valence-corrected chi connectivity index (χ3v) is 2.29. The molecule has 0 aromatic heterocycles. The molecule has 0 saturated heterocycles. The molecule has 64 valence electrons. The summed E-state index contributed by atoms with van der Waals surface area (Å²) in [6.07, 6.45) is 0. The van der Waals surface area contributed by atoms with E-state index in [0.717, 1.165) is 0 Å². The number of hydrogen-bond acceptors (Lipinski definition) is 1. The minimum atomic E-state index is -1.06. The summed E-state index contributed by atoms with van der Waals surface area (Å²) in [5.41, 5.74) is 0.570. The van der Waals surface area contributed by atoms with Gasteiger partial charge in [0.1, 0.15) is 0 Å². The average Bonchev–Trinajstić information content (AvgIpc) is 1.97. The number of benzene rings is 1. The molecule has 0 saturated carbocycles. The van der Waals surface area contributed by atoms with Crippen LogP contribution < -0.4 is 0 Å². The Balaban J connectivity index is 3.43. The van der Waals surface area contributed by atoms with E-state index in [4.69, 9.17) is 28.3 Å². The summed E-state index contributed by atoms with van der Waals surface area (Å²) in [6.45, 7) is 1.62. The molecule has 0 bridgehead atoms. The predicted molar refractivity (Wildman–Crippen MR) is 48.2 cm³/mol. The van der Waals surface area contributed by atoms with Gasteiger partial charge in [0.05, 0.1) is 10.6 Å². The second kappa shape index (κ2) is 3.33. The summed E-state index contributed by atoms with van der Waals surface area (Å²) in [7, 11) is 0. The molecule has 2 nitrogen and oxygen atoms in total. The molecule has 4 heteroatoms. The molecule has 0 aliphatic rings. The van der Waals surface area contributed by atoms with E-state index in [0.29, 0.717) is 10.6 Å². The van der Waals surface area contributed by atoms with Crippen molar-refractivity contribution in [1.29, 1.82) is 0 Å². The molecule has 1 aromatic carbocycles. The van der Waals surface area contributed by atoms with Gasteiger partial charge in [0.25, 0.3) is 0 Å². The lowest BCUT2D eigenvalue weighted by Crippen LogP contribution is -2.00. The molecule has 12 heavy (non-hydrogen) atoms. The first kappa shape index (κ1) is 9.36. The van der Waals surface area contributed by atoms with Crippen LogP contribution in [0.25, 0.3) is 0 Å². The standard InChI is InChI=1S/C8H6Cl2O2/c1-4-5(9)2-3-6(10)7(4)8(11)12/h2-3H,1H3,(H,11,12). The Morgan fingerprint density at radius 1 is 1.33 bits per heavy atom. The molecule has 1 aromatic rings. The SMILES string of the molecule is Cc1c(Cl)ccc(Cl)c1C(=O)O. The molecule has 1 rings (SSSR count). The number of hydrogen-bond donors (Lipinski definition) is 1. The Kier molecular flexibility index (Phi) is 2.60. The highest BCUT2D eigenvalue weighted by Gasteiger charge is 2.13. The first-order chi connectivity index (χ1) is 5.54. The normalized spacial score (nSPS) is 9.92. The maximum absolute atomic E-state index is 10.7. The van der Waals surface area contributed by atoms with E-state index in [-0.39, 0.29) is 10.6 Å². The highest BCUT2D eigenvalue weighted by Crippen LogP contribution is 2.25. The summed E-state index contributed by atoms with van der Waals surface area (Å²) < 4.78 is 0. The van der Waals surface area contributed by atoms with Gasteiger partial charge in [0.2, 0.25) is 0 Å². The lowest BCUT2D eigenvalue weighted by molar-refractivity contribution is 0.0696. The van der Waals surface area contributed by atoms with Gasteiger partial charge in [-0.1, -0.05) is 23.2 Å². The van der Waals surface area contributed by atoms with Crippen molar-refractivity contribution in [1.82, 2.24) is 0 Å². The van der Waals surface area contributed by atoms with Crippen LogP contribution in [0.4, 0.5) is 0 Å². The van der Waals surface area contributed by atoms with Crippen LogP contribution in [-0.2, 0) is 0 Å². The maximum Gasteiger partial charge on any atom is 0.337 e. The van der Waals surface area contributed by atoms with Crippen LogP contribution in [0.5, 0.6) is 0 Å². The largest absolute Gasteiger partial charge is 0.478 e. The number of aromatic carboxylic acids is 1. The zero-order valence-corrected chi connectivity index (χ0v) is 7.78. The summed E-state index contributed by atoms with van der Waals surface area (Å²) >= 11 is 11.4. The fourth-order valence-electron chi connectivity index (χ4n) is 0.916. The van der Waals surface area contributed by atoms with Crippen LogP contribution in [0.15, 0.2) is 12.1 Å². The Morgan fingerprint density at radius 2 is 1.83 bits per heavy atom. The van der Waals surface area contributed by atoms with Gasteiger partial charge >= 0.3 is 5.97 Å². The van der Waals surface area contributed by atoms with Gasteiger partial charge in [0, 0.05) is 5.02 Å². The first-order valence-electron chi connectivity index (χ1n) is 3.22. The van der Waals surface area contributed by atoms with Crippen LogP contribution in [0.1, 0.15) is 15.9 Å². The molecule has 0 fully saturated rings. The quantitative estimate of drug-likeness (QED) is 0.764. The van der Waals surface area contributed by atoms with Crippen molar-refractivity contribution in [3.05, 3.63) is 33.3 Å². The highest BCUT2D eigenvalue weighted by molar-refractivity contribution is 6.36. The minimum absolute atomic E-state index is 0.0733. The molecule has 0 spiro atoms. The zero-order valence-electron chi connectivity index (χ0n) is 6.27. The molecular weight excluding hydrogens is 199 g/mol. The van der Waals surface area contributed by atoms with Crippen LogP contribution in [-0.4, -0.2) is 11.1 Å². The maximum atomic E-state index is 10.7. The molecule has 0 atom stereocenters. The number of carboxylic acids is 1. The Morgan fingerprint density at radius 3 is 2.25 bits per heavy atom. The van der Waals surface area contributed by atoms with Crippen molar-refractivity contribution >= 4 is 29.2 Å². The molecule has 0 heterocycles. The van der Waals surface area contributed by atoms with E-state index in [1.807, 2.05) is 0 Å². The van der Waals surface area contributed by atoms with E-state index in [1.165, 1.54) is 6.07 Å². The van der Waals surface area contributed by atoms with Gasteiger partial charge in [0.15, 0.2) is 0 Å². The van der Waals surface area contributed by atoms with E-state index >= 15 is 0 Å². The lowest BCUT2D eigenvalue weighted by atomic mass is 10.1. The van der Waals surface area contributed by atoms with Crippen molar-refractivity contribution < 1.29 is 9.90 Å². The van der Waals surface area contributed by atoms with E-state index in [2.05, 4.69) is 0 Å². The second-order valence-corrected chi connectivity index (χ2v) is 3.15. The monoisotopic (exact) mass is 204 g/mol. The average molecular weight is 205 g/mol. The van der Waals surface area contributed by atoms with Crippen molar-refractivity contribution in [2.75, 3.05) is 0 Å². The lowest BCUT2D eigenvalue weighted by Gasteiger charge is -2.04. The zero-order chi connectivity index (χ0) is 9.30. The van der Waals surface area contributed by atoms with Gasteiger partial charge in [-0.25, -0.2) is 4.79 Å². The van der Waals surface area contributed by atoms with Crippen LogP contribution in [0.2, 0.25) is 10.0 Å². The predicted octanol–water partition coefficient (Wildman–Crippen LogP) is 3.00. The number of halogens is 2. The summed E-state index contributed by atoms with van der Waals surface area (Å²) in [5.74, 6) is -1.06. The number of carboxylic acid groups (broad SMARTS) is 1. The van der Waals surface area contributed by atoms with Gasteiger partial charge in [-0.15, -0.1) is 0 Å². The molecule has 0 aliphatic carbocycles. The van der Waals surface area contributed by atoms with Crippen LogP contribution in [0.3, 0.4) is 0 Å². The Bertz CT molecular complexity index is 334. The fourth-order valence-corrected chi connectivity index (χ4v) is 1.36. The molecule has 0 unspecified atom stereocenters. The fraction of sp³-hybridized carbons (Fsp3) is 0.125. The van der Waals surface area contributed by atoms with Gasteiger partial charge in [-0.05, 0) is 24.6 Å². The van der Waals surface area contributed by atoms with Crippen molar-refractivity contribution in [2.45, 2.75) is 6.92 Å². The highest BCUT2D eigenvalue weighted by atomic mass is 35.5. The summed E-state index contributed by atoms with van der Waals surface area (Å²) in [4.78, 5) is 10.7. The molecular formula is C8H6Cl2O2. The summed E-state index contributed by atoms with van der Waals surface area (Å²) in [6, 6.07) is 3.05. The smallest absolute Gasteiger partial charge is 0.337 e. The van der Waals surface area contributed by atoms with Crippen molar-refractivity contribution in [3.63, 3.8) is 0 Å². The second-order valence-electron chi connectivity index (χ2n) is 2.33. The van der Waals surface area contributed by atoms with Gasteiger partial charge < -0.3 is 5.11 Å². The first-order valence-corrected chi connectivity index (χ1v) is 3.97. The molecule has 0 radical (unpaired) electrons. The topological polar surface area (TPSA) is 37.3 Å². The van der Waals surface area contributed by atoms with Crippen LogP contribution >= 0.6 is 23.2 Å². The number of rotatable bonds is 1. The minimum Gasteiger partial charge on any atom is -0.478 e.